The van der Waals surface area contributed by atoms with E-state index in [2.05, 4.69) is 15.9 Å². The van der Waals surface area contributed by atoms with Crippen LogP contribution in [0.2, 0.25) is 0 Å². The highest BCUT2D eigenvalue weighted by molar-refractivity contribution is 9.10. The fourth-order valence-corrected chi connectivity index (χ4v) is 3.54. The van der Waals surface area contributed by atoms with Gasteiger partial charge in [0.1, 0.15) is 6.54 Å². The highest BCUT2D eigenvalue weighted by Gasteiger charge is 2.35. The SMILES string of the molecule is CCOc1cc(/C=C2\SC(=O)N(CC(N)=O)C2=O)cc(Br)c1OC. The Kier molecular flexibility index (Phi) is 5.89. The first kappa shape index (κ1) is 18.3. The molecule has 0 saturated carbocycles. The molecule has 1 fully saturated rings. The number of imide groups is 1. The molecule has 1 aliphatic heterocycles. The molecule has 0 aliphatic carbocycles. The van der Waals surface area contributed by atoms with Crippen molar-refractivity contribution in [1.29, 1.82) is 0 Å². The lowest BCUT2D eigenvalue weighted by Crippen LogP contribution is -2.36. The molecular formula is C15H15BrN2O5S. The Hall–Kier alpha value is -2.00. The highest BCUT2D eigenvalue weighted by Crippen LogP contribution is 2.38. The van der Waals surface area contributed by atoms with E-state index in [1.165, 1.54) is 7.11 Å². The van der Waals surface area contributed by atoms with Crippen LogP contribution in [0.15, 0.2) is 21.5 Å². The zero-order valence-corrected chi connectivity index (χ0v) is 15.4. The second-order valence-corrected chi connectivity index (χ2v) is 6.55. The van der Waals surface area contributed by atoms with E-state index in [1.807, 2.05) is 6.92 Å². The minimum atomic E-state index is -0.746. The summed E-state index contributed by atoms with van der Waals surface area (Å²) < 4.78 is 11.4. The number of thioether (sulfide) groups is 1. The van der Waals surface area contributed by atoms with Gasteiger partial charge >= 0.3 is 0 Å². The van der Waals surface area contributed by atoms with Crippen molar-refractivity contribution in [3.63, 3.8) is 0 Å². The summed E-state index contributed by atoms with van der Waals surface area (Å²) in [7, 11) is 1.53. The maximum absolute atomic E-state index is 12.2. The molecule has 0 unspecified atom stereocenters. The van der Waals surface area contributed by atoms with Gasteiger partial charge in [-0.15, -0.1) is 0 Å². The van der Waals surface area contributed by atoms with Crippen molar-refractivity contribution in [2.45, 2.75) is 6.92 Å². The van der Waals surface area contributed by atoms with E-state index < -0.39 is 23.6 Å². The Morgan fingerprint density at radius 3 is 2.71 bits per heavy atom. The summed E-state index contributed by atoms with van der Waals surface area (Å²) in [5.41, 5.74) is 5.70. The maximum atomic E-state index is 12.2. The monoisotopic (exact) mass is 414 g/mol. The number of benzene rings is 1. The second-order valence-electron chi connectivity index (χ2n) is 4.70. The lowest BCUT2D eigenvalue weighted by atomic mass is 10.2. The normalized spacial score (nSPS) is 16.0. The molecule has 1 aliphatic rings. The van der Waals surface area contributed by atoms with Gasteiger partial charge in [-0.2, -0.15) is 0 Å². The minimum Gasteiger partial charge on any atom is -0.492 e. The number of primary amides is 1. The zero-order valence-electron chi connectivity index (χ0n) is 13.0. The van der Waals surface area contributed by atoms with E-state index in [0.29, 0.717) is 28.1 Å². The number of carbonyl (C=O) groups excluding carboxylic acids is 3. The molecule has 1 aromatic carbocycles. The number of nitrogens with zero attached hydrogens (tertiary/aromatic N) is 1. The first-order valence-electron chi connectivity index (χ1n) is 6.91. The molecule has 1 aromatic rings. The average Bonchev–Trinajstić information content (AvgIpc) is 2.75. The Bertz CT molecular complexity index is 735. The van der Waals surface area contributed by atoms with Crippen molar-refractivity contribution in [3.8, 4) is 11.5 Å². The van der Waals surface area contributed by atoms with E-state index >= 15 is 0 Å². The standard InChI is InChI=1S/C15H15BrN2O5S/c1-3-23-10-5-8(4-9(16)13(10)22-2)6-11-14(20)18(7-12(17)19)15(21)24-11/h4-6H,3,7H2,1-2H3,(H2,17,19)/b11-6-. The third-order valence-electron chi connectivity index (χ3n) is 3.02. The molecule has 0 spiro atoms. The predicted octanol–water partition coefficient (Wildman–Crippen LogP) is 2.38. The van der Waals surface area contributed by atoms with E-state index in [4.69, 9.17) is 15.2 Å². The number of rotatable bonds is 6. The number of ether oxygens (including phenoxy) is 2. The molecule has 0 aromatic heterocycles. The van der Waals surface area contributed by atoms with Gasteiger partial charge in [0, 0.05) is 0 Å². The molecule has 2 N–H and O–H groups in total. The number of carbonyl (C=O) groups is 3. The lowest BCUT2D eigenvalue weighted by molar-refractivity contribution is -0.127. The molecular weight excluding hydrogens is 400 g/mol. The van der Waals surface area contributed by atoms with Crippen molar-refractivity contribution >= 4 is 50.8 Å². The fraction of sp³-hybridized carbons (Fsp3) is 0.267. The van der Waals surface area contributed by atoms with Crippen molar-refractivity contribution in [2.24, 2.45) is 5.73 Å². The molecule has 24 heavy (non-hydrogen) atoms. The molecule has 0 radical (unpaired) electrons. The molecule has 2 rings (SSSR count). The van der Waals surface area contributed by atoms with E-state index in [-0.39, 0.29) is 4.91 Å². The number of halogens is 1. The van der Waals surface area contributed by atoms with Crippen molar-refractivity contribution < 1.29 is 23.9 Å². The minimum absolute atomic E-state index is 0.209. The largest absolute Gasteiger partial charge is 0.492 e. The van der Waals surface area contributed by atoms with Gasteiger partial charge < -0.3 is 15.2 Å². The Morgan fingerprint density at radius 1 is 1.42 bits per heavy atom. The molecule has 0 bridgehead atoms. The van der Waals surface area contributed by atoms with Crippen LogP contribution < -0.4 is 15.2 Å². The van der Waals surface area contributed by atoms with Crippen molar-refractivity contribution in [2.75, 3.05) is 20.3 Å². The van der Waals surface area contributed by atoms with Gasteiger partial charge in [0.05, 0.1) is 23.1 Å². The number of nitrogens with two attached hydrogens (primary N) is 1. The van der Waals surface area contributed by atoms with Gasteiger partial charge in [-0.1, -0.05) is 0 Å². The summed E-state index contributed by atoms with van der Waals surface area (Å²) in [5.74, 6) is -0.245. The predicted molar refractivity (Wildman–Crippen MR) is 93.7 cm³/mol. The Morgan fingerprint density at radius 2 is 2.12 bits per heavy atom. The van der Waals surface area contributed by atoms with E-state index in [0.717, 1.165) is 16.7 Å². The van der Waals surface area contributed by atoms with Crippen LogP contribution in [0.3, 0.4) is 0 Å². The second kappa shape index (κ2) is 7.71. The number of hydrogen-bond acceptors (Lipinski definition) is 6. The van der Waals surface area contributed by atoms with Gasteiger partial charge in [0.2, 0.25) is 5.91 Å². The van der Waals surface area contributed by atoms with Crippen LogP contribution in [0.25, 0.3) is 6.08 Å². The van der Waals surface area contributed by atoms with Crippen LogP contribution in [0, 0.1) is 0 Å². The van der Waals surface area contributed by atoms with Gasteiger partial charge in [-0.3, -0.25) is 19.3 Å². The highest BCUT2D eigenvalue weighted by atomic mass is 79.9. The zero-order chi connectivity index (χ0) is 17.9. The quantitative estimate of drug-likeness (QED) is 0.717. The van der Waals surface area contributed by atoms with Gasteiger partial charge in [0.25, 0.3) is 11.1 Å². The number of amides is 3. The fourth-order valence-electron chi connectivity index (χ4n) is 2.08. The summed E-state index contributed by atoms with van der Waals surface area (Å²) in [6.45, 7) is 1.86. The summed E-state index contributed by atoms with van der Waals surface area (Å²) in [6, 6.07) is 3.44. The number of hydrogen-bond donors (Lipinski definition) is 1. The summed E-state index contributed by atoms with van der Waals surface area (Å²) in [6.07, 6.45) is 1.55. The van der Waals surface area contributed by atoms with E-state index in [1.54, 1.807) is 18.2 Å². The van der Waals surface area contributed by atoms with Gasteiger partial charge in [-0.25, -0.2) is 0 Å². The lowest BCUT2D eigenvalue weighted by Gasteiger charge is -2.12. The third-order valence-corrected chi connectivity index (χ3v) is 4.52. The smallest absolute Gasteiger partial charge is 0.294 e. The van der Waals surface area contributed by atoms with Crippen molar-refractivity contribution in [1.82, 2.24) is 4.90 Å². The van der Waals surface area contributed by atoms with Crippen LogP contribution in [-0.2, 0) is 9.59 Å². The van der Waals surface area contributed by atoms with Crippen LogP contribution in [0.1, 0.15) is 12.5 Å². The van der Waals surface area contributed by atoms with Crippen LogP contribution in [0.4, 0.5) is 4.79 Å². The van der Waals surface area contributed by atoms with Gasteiger partial charge in [-0.05, 0) is 58.4 Å². The summed E-state index contributed by atoms with van der Waals surface area (Å²) in [4.78, 5) is 36.0. The van der Waals surface area contributed by atoms with Gasteiger partial charge in [0.15, 0.2) is 11.5 Å². The Labute approximate surface area is 151 Å². The summed E-state index contributed by atoms with van der Waals surface area (Å²) >= 11 is 4.14. The third kappa shape index (κ3) is 3.90. The van der Waals surface area contributed by atoms with Crippen LogP contribution in [-0.4, -0.2) is 42.2 Å². The molecule has 1 saturated heterocycles. The summed E-state index contributed by atoms with van der Waals surface area (Å²) in [5, 5.41) is -0.525. The van der Waals surface area contributed by atoms with Crippen LogP contribution >= 0.6 is 27.7 Å². The Balaban J connectivity index is 2.36. The van der Waals surface area contributed by atoms with E-state index in [9.17, 15) is 14.4 Å². The first-order chi connectivity index (χ1) is 11.4. The van der Waals surface area contributed by atoms with Crippen LogP contribution in [0.5, 0.6) is 11.5 Å². The van der Waals surface area contributed by atoms with Crippen molar-refractivity contribution in [3.05, 3.63) is 27.1 Å². The maximum Gasteiger partial charge on any atom is 0.294 e. The topological polar surface area (TPSA) is 98.9 Å². The average molecular weight is 415 g/mol. The molecule has 3 amide bonds. The molecule has 7 nitrogen and oxygen atoms in total. The molecule has 0 atom stereocenters. The molecule has 9 heteroatoms. The molecule has 1 heterocycles. The number of methoxy groups -OCH3 is 1. The molecule has 128 valence electrons. The first-order valence-corrected chi connectivity index (χ1v) is 8.52.